The first kappa shape index (κ1) is 14.7. The molecule has 3 nitrogen and oxygen atoms in total. The van der Waals surface area contributed by atoms with Gasteiger partial charge < -0.3 is 9.47 Å². The van der Waals surface area contributed by atoms with Gasteiger partial charge in [-0.1, -0.05) is 0 Å². The highest BCUT2D eigenvalue weighted by Crippen LogP contribution is 2.27. The highest BCUT2D eigenvalue weighted by Gasteiger charge is 2.19. The van der Waals surface area contributed by atoms with E-state index in [1.54, 1.807) is 13.8 Å². The molecule has 0 unspecified atom stereocenters. The first-order valence-corrected chi connectivity index (χ1v) is 5.84. The molecule has 0 aromatic heterocycles. The molecule has 0 spiro atoms. The summed E-state index contributed by atoms with van der Waals surface area (Å²) in [5, 5.41) is 0. The van der Waals surface area contributed by atoms with E-state index in [-0.39, 0.29) is 23.8 Å². The topological polar surface area (TPSA) is 35.5 Å². The summed E-state index contributed by atoms with van der Waals surface area (Å²) < 4.78 is 33.6. The van der Waals surface area contributed by atoms with Crippen molar-refractivity contribution in [3.8, 4) is 5.75 Å². The molecule has 0 N–H and O–H groups in total. The molecule has 0 fully saturated rings. The van der Waals surface area contributed by atoms with Crippen LogP contribution in [-0.4, -0.2) is 19.2 Å². The highest BCUT2D eigenvalue weighted by molar-refractivity contribution is 6.17. The Kier molecular flexibility index (Phi) is 5.34. The summed E-state index contributed by atoms with van der Waals surface area (Å²) in [6, 6.07) is 2.77. The van der Waals surface area contributed by atoms with Gasteiger partial charge in [-0.05, 0) is 37.1 Å². The van der Waals surface area contributed by atoms with Gasteiger partial charge in [0.2, 0.25) is 0 Å². The van der Waals surface area contributed by atoms with Crippen LogP contribution in [0.25, 0.3) is 0 Å². The average Bonchev–Trinajstić information content (AvgIpc) is 2.28. The Morgan fingerprint density at radius 3 is 2.61 bits per heavy atom. The van der Waals surface area contributed by atoms with Crippen LogP contribution in [0.15, 0.2) is 12.1 Å². The summed E-state index contributed by atoms with van der Waals surface area (Å²) in [4.78, 5) is 11.6. The third kappa shape index (κ3) is 3.57. The zero-order chi connectivity index (χ0) is 13.7. The van der Waals surface area contributed by atoms with Gasteiger partial charge in [0.25, 0.3) is 0 Å². The minimum Gasteiger partial charge on any atom is -0.462 e. The number of rotatable bonds is 5. The van der Waals surface area contributed by atoms with Crippen molar-refractivity contribution in [3.63, 3.8) is 0 Å². The standard InChI is InChI=1S/C12H13ClF2O3/c1-3-17-11(16)9-5-8(6-13)7(2)4-10(9)18-12(14)15/h4-5,12H,3,6H2,1-2H3. The van der Waals surface area contributed by atoms with Crippen molar-refractivity contribution in [2.75, 3.05) is 6.61 Å². The second-order valence-corrected chi connectivity index (χ2v) is 3.77. The molecule has 0 saturated carbocycles. The molecule has 6 heteroatoms. The summed E-state index contributed by atoms with van der Waals surface area (Å²) >= 11 is 5.70. The smallest absolute Gasteiger partial charge is 0.387 e. The number of esters is 1. The lowest BCUT2D eigenvalue weighted by Crippen LogP contribution is -2.11. The number of benzene rings is 1. The van der Waals surface area contributed by atoms with Crippen molar-refractivity contribution in [2.45, 2.75) is 26.3 Å². The van der Waals surface area contributed by atoms with Crippen LogP contribution in [0.3, 0.4) is 0 Å². The molecule has 100 valence electrons. The molecular formula is C12H13ClF2O3. The van der Waals surface area contributed by atoms with Crippen molar-refractivity contribution < 1.29 is 23.0 Å². The normalized spacial score (nSPS) is 10.6. The molecule has 1 rings (SSSR count). The van der Waals surface area contributed by atoms with E-state index in [0.717, 1.165) is 0 Å². The molecule has 0 heterocycles. The minimum atomic E-state index is -3.00. The van der Waals surface area contributed by atoms with Crippen LogP contribution in [0.2, 0.25) is 0 Å². The van der Waals surface area contributed by atoms with Gasteiger partial charge >= 0.3 is 12.6 Å². The van der Waals surface area contributed by atoms with E-state index in [9.17, 15) is 13.6 Å². The Morgan fingerprint density at radius 1 is 1.44 bits per heavy atom. The molecule has 0 radical (unpaired) electrons. The van der Waals surface area contributed by atoms with E-state index in [2.05, 4.69) is 4.74 Å². The molecular weight excluding hydrogens is 266 g/mol. The lowest BCUT2D eigenvalue weighted by molar-refractivity contribution is -0.0504. The largest absolute Gasteiger partial charge is 0.462 e. The third-order valence-corrected chi connectivity index (χ3v) is 2.58. The Hall–Kier alpha value is -1.36. The van der Waals surface area contributed by atoms with E-state index in [1.807, 2.05) is 0 Å². The number of halogens is 3. The van der Waals surface area contributed by atoms with Crippen molar-refractivity contribution in [1.82, 2.24) is 0 Å². The molecule has 0 aliphatic carbocycles. The molecule has 1 aromatic carbocycles. The maximum absolute atomic E-state index is 12.3. The number of hydrogen-bond acceptors (Lipinski definition) is 3. The Labute approximate surface area is 109 Å². The fourth-order valence-corrected chi connectivity index (χ4v) is 1.72. The fraction of sp³-hybridized carbons (Fsp3) is 0.417. The van der Waals surface area contributed by atoms with Crippen LogP contribution >= 0.6 is 11.6 Å². The lowest BCUT2D eigenvalue weighted by atomic mass is 10.0. The maximum Gasteiger partial charge on any atom is 0.387 e. The number of carbonyl (C=O) groups excluding carboxylic acids is 1. The van der Waals surface area contributed by atoms with Gasteiger partial charge in [-0.25, -0.2) is 4.79 Å². The summed E-state index contributed by atoms with van der Waals surface area (Å²) in [5.74, 6) is -0.734. The first-order valence-electron chi connectivity index (χ1n) is 5.31. The number of alkyl halides is 3. The van der Waals surface area contributed by atoms with E-state index in [0.29, 0.717) is 11.1 Å². The minimum absolute atomic E-state index is 0.0431. The van der Waals surface area contributed by atoms with Crippen LogP contribution < -0.4 is 4.74 Å². The molecule has 0 aliphatic heterocycles. The second-order valence-electron chi connectivity index (χ2n) is 3.51. The van der Waals surface area contributed by atoms with Crippen LogP contribution in [-0.2, 0) is 10.6 Å². The van der Waals surface area contributed by atoms with Gasteiger partial charge in [0.05, 0.1) is 6.61 Å². The first-order chi connectivity index (χ1) is 8.49. The summed E-state index contributed by atoms with van der Waals surface area (Å²) in [6.07, 6.45) is 0. The van der Waals surface area contributed by atoms with Crippen molar-refractivity contribution in [1.29, 1.82) is 0 Å². The molecule has 0 bridgehead atoms. The number of carbonyl (C=O) groups is 1. The van der Waals surface area contributed by atoms with E-state index < -0.39 is 12.6 Å². The predicted molar refractivity (Wildman–Crippen MR) is 63.3 cm³/mol. The highest BCUT2D eigenvalue weighted by atomic mass is 35.5. The Balaban J connectivity index is 3.20. The van der Waals surface area contributed by atoms with Crippen LogP contribution in [0.5, 0.6) is 5.75 Å². The quantitative estimate of drug-likeness (QED) is 0.611. The van der Waals surface area contributed by atoms with Crippen molar-refractivity contribution >= 4 is 17.6 Å². The van der Waals surface area contributed by atoms with Gasteiger partial charge in [-0.2, -0.15) is 8.78 Å². The fourth-order valence-electron chi connectivity index (χ4n) is 1.43. The lowest BCUT2D eigenvalue weighted by Gasteiger charge is -2.13. The van der Waals surface area contributed by atoms with E-state index in [1.165, 1.54) is 12.1 Å². The van der Waals surface area contributed by atoms with Gasteiger partial charge in [0.15, 0.2) is 0 Å². The number of aryl methyl sites for hydroxylation is 1. The summed E-state index contributed by atoms with van der Waals surface area (Å²) in [7, 11) is 0. The van der Waals surface area contributed by atoms with Gasteiger partial charge in [-0.3, -0.25) is 0 Å². The zero-order valence-corrected chi connectivity index (χ0v) is 10.8. The molecule has 18 heavy (non-hydrogen) atoms. The predicted octanol–water partition coefficient (Wildman–Crippen LogP) is 3.51. The summed E-state index contributed by atoms with van der Waals surface area (Å²) in [6.45, 7) is 0.476. The molecule has 0 aliphatic rings. The molecule has 1 aromatic rings. The Morgan fingerprint density at radius 2 is 2.11 bits per heavy atom. The van der Waals surface area contributed by atoms with Crippen molar-refractivity contribution in [2.24, 2.45) is 0 Å². The molecule has 0 saturated heterocycles. The van der Waals surface area contributed by atoms with E-state index in [4.69, 9.17) is 16.3 Å². The Bertz CT molecular complexity index is 436. The van der Waals surface area contributed by atoms with E-state index >= 15 is 0 Å². The average molecular weight is 279 g/mol. The zero-order valence-electron chi connectivity index (χ0n) is 10.0. The van der Waals surface area contributed by atoms with Crippen LogP contribution in [0.1, 0.15) is 28.4 Å². The number of hydrogen-bond donors (Lipinski definition) is 0. The number of ether oxygens (including phenoxy) is 2. The van der Waals surface area contributed by atoms with Crippen LogP contribution in [0.4, 0.5) is 8.78 Å². The molecule has 0 amide bonds. The third-order valence-electron chi connectivity index (χ3n) is 2.29. The van der Waals surface area contributed by atoms with Gasteiger partial charge in [0, 0.05) is 5.88 Å². The van der Waals surface area contributed by atoms with Gasteiger partial charge in [0.1, 0.15) is 11.3 Å². The van der Waals surface area contributed by atoms with Gasteiger partial charge in [-0.15, -0.1) is 11.6 Å². The molecule has 0 atom stereocenters. The van der Waals surface area contributed by atoms with Crippen molar-refractivity contribution in [3.05, 3.63) is 28.8 Å². The van der Waals surface area contributed by atoms with Crippen LogP contribution in [0, 0.1) is 6.92 Å². The maximum atomic E-state index is 12.3. The monoisotopic (exact) mass is 278 g/mol. The SMILES string of the molecule is CCOC(=O)c1cc(CCl)c(C)cc1OC(F)F. The summed E-state index contributed by atoms with van der Waals surface area (Å²) in [5.41, 5.74) is 1.30. The second kappa shape index (κ2) is 6.54.